The molecule has 6 heteroatoms. The van der Waals surface area contributed by atoms with E-state index in [9.17, 15) is 9.59 Å². The molecule has 0 aromatic carbocycles. The highest BCUT2D eigenvalue weighted by Gasteiger charge is 2.18. The van der Waals surface area contributed by atoms with Gasteiger partial charge in [0.15, 0.2) is 0 Å². The molecule has 0 amide bonds. The Morgan fingerprint density at radius 1 is 1.42 bits per heavy atom. The Kier molecular flexibility index (Phi) is 3.40. The molecule has 2 heterocycles. The van der Waals surface area contributed by atoms with Crippen LogP contribution in [0.2, 0.25) is 0 Å². The van der Waals surface area contributed by atoms with E-state index in [2.05, 4.69) is 18.8 Å². The number of nitrogens with one attached hydrogen (secondary N) is 1. The monoisotopic (exact) mass is 281 g/mol. The lowest BCUT2D eigenvalue weighted by atomic mass is 10.1. The minimum absolute atomic E-state index is 0.198. The van der Waals surface area contributed by atoms with E-state index in [0.717, 1.165) is 4.88 Å². The number of nitrogens with zero attached hydrogens (tertiary/aromatic N) is 1. The quantitative estimate of drug-likeness (QED) is 0.897. The molecule has 0 bridgehead atoms. The van der Waals surface area contributed by atoms with Crippen LogP contribution in [0.4, 0.5) is 0 Å². The average Bonchev–Trinajstić information content (AvgIpc) is 2.67. The highest BCUT2D eigenvalue weighted by atomic mass is 32.1. The molecule has 0 aliphatic heterocycles. The van der Waals surface area contributed by atoms with Crippen LogP contribution < -0.4 is 17.0 Å². The molecule has 0 fully saturated rings. The molecule has 0 aliphatic carbocycles. The van der Waals surface area contributed by atoms with E-state index in [1.165, 1.54) is 15.9 Å². The van der Waals surface area contributed by atoms with Crippen molar-refractivity contribution in [1.82, 2.24) is 9.55 Å². The Balaban J connectivity index is 2.68. The van der Waals surface area contributed by atoms with Crippen LogP contribution >= 0.6 is 11.3 Å². The number of aromatic nitrogens is 2. The van der Waals surface area contributed by atoms with Crippen molar-refractivity contribution in [3.63, 3.8) is 0 Å². The first-order chi connectivity index (χ1) is 8.69. The number of thiophene rings is 1. The Labute approximate surface area is 115 Å². The van der Waals surface area contributed by atoms with Crippen molar-refractivity contribution in [3.05, 3.63) is 31.8 Å². The van der Waals surface area contributed by atoms with E-state index in [-0.39, 0.29) is 12.1 Å². The largest absolute Gasteiger partial charge is 0.329 e. The van der Waals surface area contributed by atoms with Gasteiger partial charge < -0.3 is 5.73 Å². The topological polar surface area (TPSA) is 80.9 Å². The molecular weight excluding hydrogens is 262 g/mol. The summed E-state index contributed by atoms with van der Waals surface area (Å²) >= 11 is 1.46. The normalized spacial score (nSPS) is 12.5. The number of H-pyrrole nitrogens is 1. The summed E-state index contributed by atoms with van der Waals surface area (Å²) in [6.45, 7) is 7.89. The molecule has 0 unspecified atom stereocenters. The zero-order chi connectivity index (χ0) is 14.4. The number of fused-ring (bicyclic) bond motifs is 1. The molecule has 2 aromatic heterocycles. The van der Waals surface area contributed by atoms with Crippen LogP contribution in [-0.4, -0.2) is 15.1 Å². The lowest BCUT2D eigenvalue weighted by Gasteiger charge is -2.18. The summed E-state index contributed by atoms with van der Waals surface area (Å²) in [5.74, 6) is 0.333. The van der Waals surface area contributed by atoms with Crippen LogP contribution in [0.25, 0.3) is 10.2 Å². The fraction of sp³-hybridized carbons (Fsp3) is 0.538. The van der Waals surface area contributed by atoms with E-state index >= 15 is 0 Å². The lowest BCUT2D eigenvalue weighted by Crippen LogP contribution is -2.45. The maximum absolute atomic E-state index is 12.4. The number of hydrogen-bond donors (Lipinski definition) is 2. The van der Waals surface area contributed by atoms with Gasteiger partial charge in [0, 0.05) is 17.0 Å². The summed E-state index contributed by atoms with van der Waals surface area (Å²) in [4.78, 5) is 28.8. The standard InChI is InChI=1S/C13H19N3O2S/c1-7(2)9-5-8-10(19-9)15-12(18)16(11(8)17)6-13(3,4)14/h5,7H,6,14H2,1-4H3,(H,15,18). The van der Waals surface area contributed by atoms with Gasteiger partial charge in [0.25, 0.3) is 5.56 Å². The van der Waals surface area contributed by atoms with E-state index in [1.54, 1.807) is 13.8 Å². The molecule has 2 rings (SSSR count). The summed E-state index contributed by atoms with van der Waals surface area (Å²) in [6.07, 6.45) is 0. The lowest BCUT2D eigenvalue weighted by molar-refractivity contribution is 0.417. The van der Waals surface area contributed by atoms with E-state index in [4.69, 9.17) is 5.73 Å². The molecule has 0 saturated heterocycles. The van der Waals surface area contributed by atoms with E-state index < -0.39 is 11.2 Å². The van der Waals surface area contributed by atoms with Crippen LogP contribution in [0.3, 0.4) is 0 Å². The molecule has 2 aromatic rings. The Bertz CT molecular complexity index is 716. The number of rotatable bonds is 3. The molecule has 5 nitrogen and oxygen atoms in total. The first-order valence-corrected chi connectivity index (χ1v) is 7.06. The first kappa shape index (κ1) is 14.0. The van der Waals surface area contributed by atoms with Crippen LogP contribution in [-0.2, 0) is 6.54 Å². The predicted octanol–water partition coefficient (Wildman–Crippen LogP) is 1.61. The first-order valence-electron chi connectivity index (χ1n) is 6.24. The van der Waals surface area contributed by atoms with Crippen molar-refractivity contribution < 1.29 is 0 Å². The maximum atomic E-state index is 12.4. The van der Waals surface area contributed by atoms with Crippen LogP contribution in [0.5, 0.6) is 0 Å². The van der Waals surface area contributed by atoms with Gasteiger partial charge in [0.2, 0.25) is 0 Å². The summed E-state index contributed by atoms with van der Waals surface area (Å²) in [6, 6.07) is 1.86. The minimum Gasteiger partial charge on any atom is -0.324 e. The minimum atomic E-state index is -0.610. The van der Waals surface area contributed by atoms with Gasteiger partial charge in [-0.25, -0.2) is 4.79 Å². The predicted molar refractivity (Wildman–Crippen MR) is 79.1 cm³/mol. The van der Waals surface area contributed by atoms with Gasteiger partial charge in [-0.05, 0) is 25.8 Å². The van der Waals surface area contributed by atoms with Crippen molar-refractivity contribution in [2.75, 3.05) is 0 Å². The van der Waals surface area contributed by atoms with Crippen LogP contribution in [0, 0.1) is 0 Å². The zero-order valence-corrected chi connectivity index (χ0v) is 12.4. The number of nitrogens with two attached hydrogens (primary N) is 1. The summed E-state index contributed by atoms with van der Waals surface area (Å²) in [5, 5.41) is 0.567. The summed E-state index contributed by atoms with van der Waals surface area (Å²) in [5.41, 5.74) is 4.62. The second-order valence-electron chi connectivity index (χ2n) is 5.86. The molecule has 0 saturated carbocycles. The summed E-state index contributed by atoms with van der Waals surface area (Å²) < 4.78 is 1.18. The van der Waals surface area contributed by atoms with E-state index in [0.29, 0.717) is 16.1 Å². The highest BCUT2D eigenvalue weighted by molar-refractivity contribution is 7.18. The van der Waals surface area contributed by atoms with Gasteiger partial charge in [-0.3, -0.25) is 14.3 Å². The molecule has 0 aliphatic rings. The second kappa shape index (κ2) is 4.61. The van der Waals surface area contributed by atoms with Crippen molar-refractivity contribution in [2.45, 2.75) is 45.7 Å². The third-order valence-corrected chi connectivity index (χ3v) is 4.18. The van der Waals surface area contributed by atoms with Crippen molar-refractivity contribution in [3.8, 4) is 0 Å². The summed E-state index contributed by atoms with van der Waals surface area (Å²) in [7, 11) is 0. The number of hydrogen-bond acceptors (Lipinski definition) is 4. The highest BCUT2D eigenvalue weighted by Crippen LogP contribution is 2.26. The molecule has 0 radical (unpaired) electrons. The fourth-order valence-electron chi connectivity index (χ4n) is 1.90. The van der Waals surface area contributed by atoms with Crippen LogP contribution in [0.15, 0.2) is 15.7 Å². The van der Waals surface area contributed by atoms with E-state index in [1.807, 2.05) is 6.07 Å². The van der Waals surface area contributed by atoms with Gasteiger partial charge in [0.05, 0.1) is 5.39 Å². The van der Waals surface area contributed by atoms with Gasteiger partial charge in [-0.2, -0.15) is 0 Å². The third-order valence-electron chi connectivity index (χ3n) is 2.83. The average molecular weight is 281 g/mol. The smallest absolute Gasteiger partial charge is 0.324 e. The van der Waals surface area contributed by atoms with Gasteiger partial charge in [0.1, 0.15) is 4.83 Å². The van der Waals surface area contributed by atoms with Gasteiger partial charge in [-0.15, -0.1) is 11.3 Å². The Hall–Kier alpha value is -1.40. The van der Waals surface area contributed by atoms with Crippen molar-refractivity contribution >= 4 is 21.6 Å². The molecular formula is C13H19N3O2S. The molecule has 19 heavy (non-hydrogen) atoms. The Morgan fingerprint density at radius 2 is 2.05 bits per heavy atom. The van der Waals surface area contributed by atoms with Gasteiger partial charge in [-0.1, -0.05) is 13.8 Å². The van der Waals surface area contributed by atoms with Crippen molar-refractivity contribution in [2.24, 2.45) is 5.73 Å². The van der Waals surface area contributed by atoms with Crippen LogP contribution in [0.1, 0.15) is 38.5 Å². The second-order valence-corrected chi connectivity index (χ2v) is 6.94. The Morgan fingerprint density at radius 3 is 2.58 bits per heavy atom. The van der Waals surface area contributed by atoms with Gasteiger partial charge >= 0.3 is 5.69 Å². The fourth-order valence-corrected chi connectivity index (χ4v) is 2.94. The SMILES string of the molecule is CC(C)c1cc2c(=O)n(CC(C)(C)N)c(=O)[nH]c2s1. The molecule has 0 atom stereocenters. The maximum Gasteiger partial charge on any atom is 0.329 e. The molecule has 0 spiro atoms. The number of aromatic amines is 1. The molecule has 3 N–H and O–H groups in total. The zero-order valence-electron chi connectivity index (χ0n) is 11.6. The molecule has 104 valence electrons. The van der Waals surface area contributed by atoms with Crippen molar-refractivity contribution in [1.29, 1.82) is 0 Å². The third kappa shape index (κ3) is 2.79.